The van der Waals surface area contributed by atoms with Crippen molar-refractivity contribution in [2.24, 2.45) is 5.14 Å². The Morgan fingerprint density at radius 3 is 2.57 bits per heavy atom. The lowest BCUT2D eigenvalue weighted by Crippen LogP contribution is -2.11. The Bertz CT molecular complexity index is 1110. The molecule has 0 saturated carbocycles. The number of ketones is 1. The number of halogens is 1. The average Bonchev–Trinajstić information content (AvgIpc) is 3.01. The van der Waals surface area contributed by atoms with Crippen molar-refractivity contribution in [3.05, 3.63) is 53.8 Å². The zero-order valence-electron chi connectivity index (χ0n) is 15.3. The second kappa shape index (κ2) is 8.42. The predicted octanol–water partition coefficient (Wildman–Crippen LogP) is 3.60. The van der Waals surface area contributed by atoms with Crippen molar-refractivity contribution in [3.63, 3.8) is 0 Å². The van der Waals surface area contributed by atoms with Crippen molar-refractivity contribution in [2.45, 2.75) is 36.4 Å². The highest BCUT2D eigenvalue weighted by Crippen LogP contribution is 2.26. The van der Waals surface area contributed by atoms with E-state index in [2.05, 4.69) is 4.98 Å². The number of benzene rings is 2. The van der Waals surface area contributed by atoms with E-state index < -0.39 is 10.0 Å². The monoisotopic (exact) mass is 421 g/mol. The van der Waals surface area contributed by atoms with E-state index in [0.29, 0.717) is 36.2 Å². The van der Waals surface area contributed by atoms with Crippen molar-refractivity contribution >= 4 is 38.6 Å². The number of rotatable bonds is 8. The summed E-state index contributed by atoms with van der Waals surface area (Å²) >= 11 is 1.51. The first kappa shape index (κ1) is 20.5. The molecule has 1 aromatic heterocycles. The van der Waals surface area contributed by atoms with Gasteiger partial charge in [0.1, 0.15) is 5.82 Å². The van der Waals surface area contributed by atoms with E-state index >= 15 is 0 Å². The van der Waals surface area contributed by atoms with Gasteiger partial charge in [0.15, 0.2) is 10.9 Å². The molecule has 0 spiro atoms. The lowest BCUT2D eigenvalue weighted by Gasteiger charge is -2.06. The molecule has 9 heteroatoms. The summed E-state index contributed by atoms with van der Waals surface area (Å²) in [6.07, 6.45) is 1.01. The molecule has 2 aromatic carbocycles. The van der Waals surface area contributed by atoms with Crippen LogP contribution in [0, 0.1) is 5.82 Å². The normalized spacial score (nSPS) is 11.8. The van der Waals surface area contributed by atoms with Gasteiger partial charge in [-0.1, -0.05) is 11.8 Å². The van der Waals surface area contributed by atoms with Crippen LogP contribution in [0.3, 0.4) is 0 Å². The fourth-order valence-corrected chi connectivity index (χ4v) is 4.41. The van der Waals surface area contributed by atoms with Crippen molar-refractivity contribution in [1.82, 2.24) is 9.55 Å². The maximum Gasteiger partial charge on any atom is 0.238 e. The molecule has 3 aromatic rings. The molecule has 0 aliphatic rings. The van der Waals surface area contributed by atoms with Crippen LogP contribution >= 0.6 is 11.8 Å². The molecule has 6 nitrogen and oxygen atoms in total. The first-order valence-corrected chi connectivity index (χ1v) is 11.3. The molecule has 0 radical (unpaired) electrons. The van der Waals surface area contributed by atoms with Crippen LogP contribution in [-0.4, -0.2) is 29.5 Å². The summed E-state index contributed by atoms with van der Waals surface area (Å²) in [5, 5.41) is 5.95. The zero-order valence-corrected chi connectivity index (χ0v) is 16.9. The van der Waals surface area contributed by atoms with E-state index in [9.17, 15) is 17.6 Å². The van der Waals surface area contributed by atoms with Crippen molar-refractivity contribution in [2.75, 3.05) is 5.75 Å². The minimum Gasteiger partial charge on any atom is -0.319 e. The Labute approximate surface area is 167 Å². The van der Waals surface area contributed by atoms with Gasteiger partial charge in [-0.2, -0.15) is 0 Å². The molecule has 0 aliphatic heterocycles. The van der Waals surface area contributed by atoms with Crippen molar-refractivity contribution in [3.8, 4) is 0 Å². The summed E-state index contributed by atoms with van der Waals surface area (Å²) in [5.74, 6) is 0.289. The number of primary sulfonamides is 1. The van der Waals surface area contributed by atoms with E-state index in [1.807, 2.05) is 11.5 Å². The standard InChI is InChI=1S/C19H20FN3O3S2/c1-2-23-17-10-9-15(28(21,25)26)12-16(17)22-19(23)27-11-3-4-18(24)13-5-7-14(20)8-6-13/h5-10,12H,2-4,11H2,1H3,(H2,21,25,26). The van der Waals surface area contributed by atoms with Crippen LogP contribution in [0.15, 0.2) is 52.5 Å². The molecule has 0 fully saturated rings. The first-order valence-electron chi connectivity index (χ1n) is 8.74. The number of aryl methyl sites for hydroxylation is 1. The summed E-state index contributed by atoms with van der Waals surface area (Å²) < 4.78 is 38.0. The largest absolute Gasteiger partial charge is 0.319 e. The molecule has 1 heterocycles. The molecule has 0 bridgehead atoms. The van der Waals surface area contributed by atoms with Gasteiger partial charge in [-0.15, -0.1) is 0 Å². The highest BCUT2D eigenvalue weighted by atomic mass is 32.2. The lowest BCUT2D eigenvalue weighted by molar-refractivity contribution is 0.0982. The number of sulfonamides is 1. The van der Waals surface area contributed by atoms with Crippen LogP contribution in [0.1, 0.15) is 30.1 Å². The van der Waals surface area contributed by atoms with Gasteiger partial charge in [-0.25, -0.2) is 22.9 Å². The highest BCUT2D eigenvalue weighted by molar-refractivity contribution is 7.99. The summed E-state index contributed by atoms with van der Waals surface area (Å²) in [6.45, 7) is 2.67. The fourth-order valence-electron chi connectivity index (χ4n) is 2.86. The van der Waals surface area contributed by atoms with Crippen LogP contribution in [0.25, 0.3) is 11.0 Å². The molecule has 2 N–H and O–H groups in total. The van der Waals surface area contributed by atoms with E-state index in [1.165, 1.54) is 48.2 Å². The van der Waals surface area contributed by atoms with E-state index in [1.54, 1.807) is 6.07 Å². The lowest BCUT2D eigenvalue weighted by atomic mass is 10.1. The maximum absolute atomic E-state index is 12.9. The van der Waals surface area contributed by atoms with Gasteiger partial charge in [-0.05, 0) is 55.8 Å². The minimum atomic E-state index is -3.78. The van der Waals surface area contributed by atoms with Gasteiger partial charge < -0.3 is 4.57 Å². The topological polar surface area (TPSA) is 95.0 Å². The Kier molecular flexibility index (Phi) is 6.17. The van der Waals surface area contributed by atoms with Crippen LogP contribution in [-0.2, 0) is 16.6 Å². The second-order valence-electron chi connectivity index (χ2n) is 6.22. The number of aromatic nitrogens is 2. The van der Waals surface area contributed by atoms with Crippen LogP contribution in [0.4, 0.5) is 4.39 Å². The molecule has 148 valence electrons. The number of hydrogen-bond acceptors (Lipinski definition) is 5. The van der Waals surface area contributed by atoms with Gasteiger partial charge in [0, 0.05) is 24.3 Å². The molecular formula is C19H20FN3O3S2. The van der Waals surface area contributed by atoms with E-state index in [-0.39, 0.29) is 16.5 Å². The van der Waals surface area contributed by atoms with Gasteiger partial charge in [-0.3, -0.25) is 4.79 Å². The van der Waals surface area contributed by atoms with Crippen molar-refractivity contribution in [1.29, 1.82) is 0 Å². The smallest absolute Gasteiger partial charge is 0.238 e. The van der Waals surface area contributed by atoms with Gasteiger partial charge in [0.25, 0.3) is 0 Å². The van der Waals surface area contributed by atoms with E-state index in [4.69, 9.17) is 5.14 Å². The predicted molar refractivity (Wildman–Crippen MR) is 107 cm³/mol. The van der Waals surface area contributed by atoms with Crippen LogP contribution in [0.2, 0.25) is 0 Å². The molecule has 0 atom stereocenters. The number of fused-ring (bicyclic) bond motifs is 1. The second-order valence-corrected chi connectivity index (χ2v) is 8.84. The Morgan fingerprint density at radius 2 is 1.93 bits per heavy atom. The van der Waals surface area contributed by atoms with E-state index in [0.717, 1.165) is 10.7 Å². The molecule has 3 rings (SSSR count). The summed E-state index contributed by atoms with van der Waals surface area (Å²) in [7, 11) is -3.78. The number of carbonyl (C=O) groups excluding carboxylic acids is 1. The highest BCUT2D eigenvalue weighted by Gasteiger charge is 2.14. The number of imidazole rings is 1. The molecule has 0 amide bonds. The third kappa shape index (κ3) is 4.60. The number of hydrogen-bond donors (Lipinski definition) is 1. The summed E-state index contributed by atoms with van der Waals surface area (Å²) in [6, 6.07) is 10.2. The minimum absolute atomic E-state index is 0.0256. The van der Waals surface area contributed by atoms with Crippen LogP contribution < -0.4 is 5.14 Å². The van der Waals surface area contributed by atoms with Crippen LogP contribution in [0.5, 0.6) is 0 Å². The molecule has 28 heavy (non-hydrogen) atoms. The number of carbonyl (C=O) groups is 1. The molecular weight excluding hydrogens is 401 g/mol. The SMILES string of the molecule is CCn1c(SCCCC(=O)c2ccc(F)cc2)nc2cc(S(N)(=O)=O)ccc21. The Balaban J connectivity index is 1.66. The third-order valence-corrected chi connectivity index (χ3v) is 6.25. The molecule has 0 unspecified atom stereocenters. The number of nitrogens with zero attached hydrogens (tertiary/aromatic N) is 2. The quantitative estimate of drug-likeness (QED) is 0.341. The zero-order chi connectivity index (χ0) is 20.3. The van der Waals surface area contributed by atoms with Crippen molar-refractivity contribution < 1.29 is 17.6 Å². The fraction of sp³-hybridized carbons (Fsp3) is 0.263. The Morgan fingerprint density at radius 1 is 1.21 bits per heavy atom. The average molecular weight is 422 g/mol. The van der Waals surface area contributed by atoms with Gasteiger partial charge in [0.05, 0.1) is 15.9 Å². The first-order chi connectivity index (χ1) is 13.3. The Hall–Kier alpha value is -2.23. The number of Topliss-reactive ketones (excluding diaryl/α,β-unsaturated/α-hetero) is 1. The number of nitrogens with two attached hydrogens (primary N) is 1. The molecule has 0 aliphatic carbocycles. The maximum atomic E-state index is 12.9. The van der Waals surface area contributed by atoms with Gasteiger partial charge in [0.2, 0.25) is 10.0 Å². The summed E-state index contributed by atoms with van der Waals surface area (Å²) in [4.78, 5) is 16.7. The number of thioether (sulfide) groups is 1. The third-order valence-electron chi connectivity index (χ3n) is 4.27. The molecule has 0 saturated heterocycles. The summed E-state index contributed by atoms with van der Waals surface area (Å²) in [5.41, 5.74) is 1.90. The van der Waals surface area contributed by atoms with Gasteiger partial charge >= 0.3 is 0 Å².